The van der Waals surface area contributed by atoms with Gasteiger partial charge in [-0.2, -0.15) is 0 Å². The SMILES string of the molecule is Cc1ccc(-c2nc(NC(=O)/C=C/c3ccc(Cl)cc3Cl)sc2C)cc1C. The van der Waals surface area contributed by atoms with Crippen molar-refractivity contribution in [2.75, 3.05) is 5.32 Å². The number of aryl methyl sites for hydroxylation is 3. The molecular weight excluding hydrogens is 399 g/mol. The van der Waals surface area contributed by atoms with Crippen LogP contribution in [0.2, 0.25) is 10.0 Å². The van der Waals surface area contributed by atoms with E-state index in [9.17, 15) is 4.79 Å². The number of rotatable bonds is 4. The van der Waals surface area contributed by atoms with E-state index in [0.29, 0.717) is 15.2 Å². The number of amides is 1. The number of anilines is 1. The molecule has 0 aliphatic heterocycles. The first-order valence-electron chi connectivity index (χ1n) is 8.32. The zero-order valence-electron chi connectivity index (χ0n) is 15.1. The summed E-state index contributed by atoms with van der Waals surface area (Å²) in [6, 6.07) is 11.4. The molecule has 3 nitrogen and oxygen atoms in total. The standard InChI is InChI=1S/C21H18Cl2N2OS/c1-12-4-5-16(10-13(12)2)20-14(3)27-21(25-20)24-19(26)9-7-15-6-8-17(22)11-18(15)23/h4-11H,1-3H3,(H,24,25,26)/b9-7+. The van der Waals surface area contributed by atoms with Crippen molar-refractivity contribution in [2.45, 2.75) is 20.8 Å². The molecule has 138 valence electrons. The van der Waals surface area contributed by atoms with Gasteiger partial charge in [0.15, 0.2) is 5.13 Å². The van der Waals surface area contributed by atoms with Crippen LogP contribution in [0, 0.1) is 20.8 Å². The third-order valence-corrected chi connectivity index (χ3v) is 5.63. The first-order valence-corrected chi connectivity index (χ1v) is 9.90. The number of carbonyl (C=O) groups excluding carboxylic acids is 1. The second-order valence-corrected chi connectivity index (χ2v) is 8.26. The third-order valence-electron chi connectivity index (χ3n) is 4.18. The van der Waals surface area contributed by atoms with Crippen molar-refractivity contribution in [3.05, 3.63) is 74.1 Å². The number of hydrogen-bond acceptors (Lipinski definition) is 3. The Labute approximate surface area is 172 Å². The number of halogens is 2. The van der Waals surface area contributed by atoms with Gasteiger partial charge < -0.3 is 0 Å². The highest BCUT2D eigenvalue weighted by Crippen LogP contribution is 2.31. The van der Waals surface area contributed by atoms with E-state index in [-0.39, 0.29) is 5.91 Å². The van der Waals surface area contributed by atoms with Gasteiger partial charge >= 0.3 is 0 Å². The summed E-state index contributed by atoms with van der Waals surface area (Å²) < 4.78 is 0. The third kappa shape index (κ3) is 4.78. The maximum absolute atomic E-state index is 12.2. The Morgan fingerprint density at radius 3 is 2.56 bits per heavy atom. The molecule has 1 amide bonds. The molecule has 1 aromatic heterocycles. The number of nitrogens with zero attached hydrogens (tertiary/aromatic N) is 1. The van der Waals surface area contributed by atoms with Crippen LogP contribution in [0.1, 0.15) is 21.6 Å². The molecule has 0 aliphatic rings. The van der Waals surface area contributed by atoms with E-state index >= 15 is 0 Å². The molecule has 3 rings (SSSR count). The van der Waals surface area contributed by atoms with E-state index in [4.69, 9.17) is 23.2 Å². The Morgan fingerprint density at radius 1 is 1.07 bits per heavy atom. The van der Waals surface area contributed by atoms with Crippen LogP contribution in [0.3, 0.4) is 0 Å². The fourth-order valence-corrected chi connectivity index (χ4v) is 3.87. The molecule has 0 aliphatic carbocycles. The molecule has 0 spiro atoms. The van der Waals surface area contributed by atoms with Crippen molar-refractivity contribution in [2.24, 2.45) is 0 Å². The predicted molar refractivity (Wildman–Crippen MR) is 116 cm³/mol. The van der Waals surface area contributed by atoms with Gasteiger partial charge in [0.2, 0.25) is 5.91 Å². The summed E-state index contributed by atoms with van der Waals surface area (Å²) in [6.45, 7) is 6.16. The smallest absolute Gasteiger partial charge is 0.250 e. The topological polar surface area (TPSA) is 42.0 Å². The van der Waals surface area contributed by atoms with E-state index < -0.39 is 0 Å². The first kappa shape index (κ1) is 19.6. The van der Waals surface area contributed by atoms with Crippen molar-refractivity contribution in [1.82, 2.24) is 4.98 Å². The fourth-order valence-electron chi connectivity index (χ4n) is 2.56. The summed E-state index contributed by atoms with van der Waals surface area (Å²) in [7, 11) is 0. The Balaban J connectivity index is 1.75. The molecule has 27 heavy (non-hydrogen) atoms. The molecule has 0 saturated heterocycles. The Kier molecular flexibility index (Phi) is 6.00. The molecule has 3 aromatic rings. The molecule has 0 saturated carbocycles. The van der Waals surface area contributed by atoms with Gasteiger partial charge in [-0.25, -0.2) is 4.98 Å². The van der Waals surface area contributed by atoms with Gasteiger partial charge in [0.05, 0.1) is 5.69 Å². The monoisotopic (exact) mass is 416 g/mol. The minimum Gasteiger partial charge on any atom is -0.298 e. The number of carbonyl (C=O) groups is 1. The summed E-state index contributed by atoms with van der Waals surface area (Å²) in [4.78, 5) is 17.9. The van der Waals surface area contributed by atoms with Crippen LogP contribution in [0.25, 0.3) is 17.3 Å². The lowest BCUT2D eigenvalue weighted by molar-refractivity contribution is -0.111. The van der Waals surface area contributed by atoms with Crippen molar-refractivity contribution >= 4 is 51.7 Å². The van der Waals surface area contributed by atoms with Crippen molar-refractivity contribution in [3.8, 4) is 11.3 Å². The highest BCUT2D eigenvalue weighted by molar-refractivity contribution is 7.16. The Bertz CT molecular complexity index is 1040. The van der Waals surface area contributed by atoms with Crippen molar-refractivity contribution in [3.63, 3.8) is 0 Å². The van der Waals surface area contributed by atoms with Gasteiger partial charge in [0, 0.05) is 26.6 Å². The highest BCUT2D eigenvalue weighted by Gasteiger charge is 2.12. The number of aromatic nitrogens is 1. The molecule has 0 bridgehead atoms. The zero-order chi connectivity index (χ0) is 19.6. The zero-order valence-corrected chi connectivity index (χ0v) is 17.5. The second kappa shape index (κ2) is 8.26. The van der Waals surface area contributed by atoms with Crippen LogP contribution in [-0.4, -0.2) is 10.9 Å². The molecule has 0 atom stereocenters. The summed E-state index contributed by atoms with van der Waals surface area (Å²) in [5.74, 6) is -0.263. The minimum absolute atomic E-state index is 0.263. The molecule has 0 fully saturated rings. The van der Waals surface area contributed by atoms with Crippen LogP contribution in [0.4, 0.5) is 5.13 Å². The van der Waals surface area contributed by atoms with E-state index in [1.54, 1.807) is 24.3 Å². The summed E-state index contributed by atoms with van der Waals surface area (Å²) in [5, 5.41) is 4.43. The molecule has 6 heteroatoms. The number of benzene rings is 2. The van der Waals surface area contributed by atoms with Crippen molar-refractivity contribution in [1.29, 1.82) is 0 Å². The van der Waals surface area contributed by atoms with Gasteiger partial charge in [0.25, 0.3) is 0 Å². The van der Waals surface area contributed by atoms with Gasteiger partial charge in [-0.15, -0.1) is 11.3 Å². The average molecular weight is 417 g/mol. The van der Waals surface area contributed by atoms with Crippen LogP contribution in [-0.2, 0) is 4.79 Å². The number of thiazole rings is 1. The molecule has 2 aromatic carbocycles. The Hall–Kier alpha value is -2.14. The van der Waals surface area contributed by atoms with Crippen LogP contribution in [0.5, 0.6) is 0 Å². The fraction of sp³-hybridized carbons (Fsp3) is 0.143. The lowest BCUT2D eigenvalue weighted by atomic mass is 10.0. The van der Waals surface area contributed by atoms with Gasteiger partial charge in [-0.1, -0.05) is 41.4 Å². The minimum atomic E-state index is -0.263. The molecule has 1 N–H and O–H groups in total. The van der Waals surface area contributed by atoms with Gasteiger partial charge in [-0.05, 0) is 61.7 Å². The summed E-state index contributed by atoms with van der Waals surface area (Å²) >= 11 is 13.4. The Morgan fingerprint density at radius 2 is 1.85 bits per heavy atom. The first-order chi connectivity index (χ1) is 12.8. The molecular formula is C21H18Cl2N2OS. The van der Waals surface area contributed by atoms with E-state index in [1.165, 1.54) is 28.5 Å². The lowest BCUT2D eigenvalue weighted by Crippen LogP contribution is -2.07. The van der Waals surface area contributed by atoms with Gasteiger partial charge in [0.1, 0.15) is 0 Å². The quantitative estimate of drug-likeness (QED) is 0.480. The van der Waals surface area contributed by atoms with Crippen LogP contribution in [0.15, 0.2) is 42.5 Å². The summed E-state index contributed by atoms with van der Waals surface area (Å²) in [6.07, 6.45) is 3.08. The van der Waals surface area contributed by atoms with Gasteiger partial charge in [-0.3, -0.25) is 10.1 Å². The van der Waals surface area contributed by atoms with Crippen LogP contribution >= 0.6 is 34.5 Å². The average Bonchev–Trinajstić information content (AvgIpc) is 2.96. The predicted octanol–water partition coefficient (Wildman–Crippen LogP) is 6.69. The van der Waals surface area contributed by atoms with E-state index in [0.717, 1.165) is 21.7 Å². The molecule has 1 heterocycles. The maximum Gasteiger partial charge on any atom is 0.250 e. The van der Waals surface area contributed by atoms with Crippen LogP contribution < -0.4 is 5.32 Å². The number of nitrogens with one attached hydrogen (secondary N) is 1. The van der Waals surface area contributed by atoms with Crippen molar-refractivity contribution < 1.29 is 4.79 Å². The highest BCUT2D eigenvalue weighted by atomic mass is 35.5. The van der Waals surface area contributed by atoms with E-state index in [1.807, 2.05) is 6.92 Å². The lowest BCUT2D eigenvalue weighted by Gasteiger charge is -2.03. The largest absolute Gasteiger partial charge is 0.298 e. The second-order valence-electron chi connectivity index (χ2n) is 6.21. The molecule has 0 radical (unpaired) electrons. The normalized spacial score (nSPS) is 11.1. The van der Waals surface area contributed by atoms with E-state index in [2.05, 4.69) is 42.3 Å². The maximum atomic E-state index is 12.2. The molecule has 0 unspecified atom stereocenters. The number of hydrogen-bond donors (Lipinski definition) is 1. The summed E-state index contributed by atoms with van der Waals surface area (Å²) in [5.41, 5.74) is 5.13.